The molecule has 0 saturated carbocycles. The van der Waals surface area contributed by atoms with E-state index < -0.39 is 5.97 Å². The summed E-state index contributed by atoms with van der Waals surface area (Å²) >= 11 is 0. The van der Waals surface area contributed by atoms with Crippen molar-refractivity contribution in [2.45, 2.75) is 20.3 Å². The van der Waals surface area contributed by atoms with Gasteiger partial charge in [-0.2, -0.15) is 0 Å². The quantitative estimate of drug-likeness (QED) is 0.651. The highest BCUT2D eigenvalue weighted by molar-refractivity contribution is 5.96. The van der Waals surface area contributed by atoms with E-state index in [4.69, 9.17) is 5.11 Å². The van der Waals surface area contributed by atoms with E-state index in [-0.39, 0.29) is 31.3 Å². The first kappa shape index (κ1) is 21.0. The van der Waals surface area contributed by atoms with Gasteiger partial charge in [0.15, 0.2) is 0 Å². The number of nitrogens with zero attached hydrogens (tertiary/aromatic N) is 1. The Morgan fingerprint density at radius 1 is 0.964 bits per heavy atom. The average Bonchev–Trinajstić information content (AvgIpc) is 2.67. The minimum absolute atomic E-state index is 0.107. The zero-order valence-electron chi connectivity index (χ0n) is 16.3. The monoisotopic (exact) mass is 383 g/mol. The topological polar surface area (TPSA) is 98.7 Å². The van der Waals surface area contributed by atoms with Crippen LogP contribution in [0.1, 0.15) is 27.9 Å². The Hall–Kier alpha value is -3.35. The summed E-state index contributed by atoms with van der Waals surface area (Å²) < 4.78 is 0. The first-order valence-corrected chi connectivity index (χ1v) is 8.94. The molecule has 2 rings (SSSR count). The number of amides is 2. The highest BCUT2D eigenvalue weighted by Crippen LogP contribution is 2.14. The Morgan fingerprint density at radius 3 is 2.21 bits per heavy atom. The molecule has 0 aliphatic heterocycles. The largest absolute Gasteiger partial charge is 0.481 e. The van der Waals surface area contributed by atoms with Crippen LogP contribution in [0.2, 0.25) is 0 Å². The summed E-state index contributed by atoms with van der Waals surface area (Å²) in [6, 6.07) is 12.4. The number of nitrogens with one attached hydrogen (secondary N) is 2. The molecule has 0 saturated heterocycles. The average molecular weight is 383 g/mol. The molecule has 28 heavy (non-hydrogen) atoms. The number of hydrogen-bond donors (Lipinski definition) is 3. The van der Waals surface area contributed by atoms with Gasteiger partial charge in [-0.25, -0.2) is 0 Å². The second-order valence-corrected chi connectivity index (χ2v) is 6.65. The summed E-state index contributed by atoms with van der Waals surface area (Å²) in [5.41, 5.74) is 4.23. The van der Waals surface area contributed by atoms with Gasteiger partial charge in [0.25, 0.3) is 5.91 Å². The number of carboxylic acids is 1. The van der Waals surface area contributed by atoms with Gasteiger partial charge in [0.2, 0.25) is 5.91 Å². The number of carboxylic acid groups (broad SMARTS) is 1. The summed E-state index contributed by atoms with van der Waals surface area (Å²) in [7, 11) is 1.55. The van der Waals surface area contributed by atoms with Crippen molar-refractivity contribution in [3.63, 3.8) is 0 Å². The van der Waals surface area contributed by atoms with Crippen molar-refractivity contribution in [1.29, 1.82) is 0 Å². The number of hydrogen-bond acceptors (Lipinski definition) is 4. The van der Waals surface area contributed by atoms with Crippen molar-refractivity contribution >= 4 is 29.2 Å². The third kappa shape index (κ3) is 6.12. The fourth-order valence-corrected chi connectivity index (χ4v) is 2.52. The van der Waals surface area contributed by atoms with Gasteiger partial charge in [-0.15, -0.1) is 0 Å². The number of carbonyl (C=O) groups excluding carboxylic acids is 2. The number of benzene rings is 2. The summed E-state index contributed by atoms with van der Waals surface area (Å²) in [4.78, 5) is 36.3. The number of carbonyl (C=O) groups is 3. The normalized spacial score (nSPS) is 10.2. The molecule has 0 spiro atoms. The molecule has 0 bridgehead atoms. The molecule has 0 heterocycles. The summed E-state index contributed by atoms with van der Waals surface area (Å²) in [6.45, 7) is 4.31. The van der Waals surface area contributed by atoms with E-state index in [1.165, 1.54) is 10.5 Å². The van der Waals surface area contributed by atoms with Gasteiger partial charge in [0.05, 0.1) is 13.0 Å². The van der Waals surface area contributed by atoms with E-state index in [2.05, 4.69) is 10.6 Å². The molecule has 2 aromatic carbocycles. The molecular weight excluding hydrogens is 358 g/mol. The van der Waals surface area contributed by atoms with Crippen LogP contribution in [0.15, 0.2) is 42.5 Å². The van der Waals surface area contributed by atoms with Crippen molar-refractivity contribution < 1.29 is 19.5 Å². The fraction of sp³-hybridized carbons (Fsp3) is 0.286. The first-order chi connectivity index (χ1) is 13.3. The van der Waals surface area contributed by atoms with Gasteiger partial charge >= 0.3 is 5.97 Å². The first-order valence-electron chi connectivity index (χ1n) is 8.94. The molecule has 148 valence electrons. The third-order valence-corrected chi connectivity index (χ3v) is 4.38. The lowest BCUT2D eigenvalue weighted by atomic mass is 10.1. The van der Waals surface area contributed by atoms with Crippen LogP contribution in [0, 0.1) is 13.8 Å². The third-order valence-electron chi connectivity index (χ3n) is 4.38. The van der Waals surface area contributed by atoms with Gasteiger partial charge in [0, 0.05) is 30.5 Å². The molecule has 0 aliphatic carbocycles. The molecule has 7 heteroatoms. The van der Waals surface area contributed by atoms with Crippen LogP contribution in [-0.4, -0.2) is 47.9 Å². The maximum atomic E-state index is 12.2. The van der Waals surface area contributed by atoms with Crippen molar-refractivity contribution in [2.75, 3.05) is 30.8 Å². The lowest BCUT2D eigenvalue weighted by Crippen LogP contribution is -2.29. The molecule has 3 N–H and O–H groups in total. The van der Waals surface area contributed by atoms with E-state index in [0.29, 0.717) is 11.3 Å². The second-order valence-electron chi connectivity index (χ2n) is 6.65. The van der Waals surface area contributed by atoms with Crippen LogP contribution < -0.4 is 10.6 Å². The van der Waals surface area contributed by atoms with Crippen molar-refractivity contribution in [3.05, 3.63) is 59.2 Å². The maximum Gasteiger partial charge on any atom is 0.305 e. The Labute approximate surface area is 164 Å². The predicted molar refractivity (Wildman–Crippen MR) is 109 cm³/mol. The molecule has 2 aromatic rings. The van der Waals surface area contributed by atoms with Crippen LogP contribution in [-0.2, 0) is 9.59 Å². The van der Waals surface area contributed by atoms with E-state index in [9.17, 15) is 14.4 Å². The van der Waals surface area contributed by atoms with E-state index >= 15 is 0 Å². The molecule has 0 aromatic heterocycles. The highest BCUT2D eigenvalue weighted by atomic mass is 16.4. The number of anilines is 2. The van der Waals surface area contributed by atoms with Gasteiger partial charge in [-0.1, -0.05) is 6.07 Å². The Bertz CT molecular complexity index is 862. The van der Waals surface area contributed by atoms with Crippen LogP contribution in [0.4, 0.5) is 11.4 Å². The van der Waals surface area contributed by atoms with Crippen LogP contribution >= 0.6 is 0 Å². The predicted octanol–water partition coefficient (Wildman–Crippen LogP) is 2.90. The van der Waals surface area contributed by atoms with Crippen molar-refractivity contribution in [3.8, 4) is 0 Å². The van der Waals surface area contributed by atoms with E-state index in [0.717, 1.165) is 11.3 Å². The summed E-state index contributed by atoms with van der Waals surface area (Å²) in [5.74, 6) is -1.42. The summed E-state index contributed by atoms with van der Waals surface area (Å²) in [5, 5.41) is 14.5. The lowest BCUT2D eigenvalue weighted by molar-refractivity contribution is -0.137. The fourth-order valence-electron chi connectivity index (χ4n) is 2.52. The van der Waals surface area contributed by atoms with Crippen LogP contribution in [0.25, 0.3) is 0 Å². The van der Waals surface area contributed by atoms with Crippen molar-refractivity contribution in [1.82, 2.24) is 4.90 Å². The molecule has 7 nitrogen and oxygen atoms in total. The molecule has 0 atom stereocenters. The van der Waals surface area contributed by atoms with Crippen LogP contribution in [0.3, 0.4) is 0 Å². The molecular formula is C21H25N3O4. The second kappa shape index (κ2) is 9.55. The lowest BCUT2D eigenvalue weighted by Gasteiger charge is -2.16. The zero-order chi connectivity index (χ0) is 20.7. The van der Waals surface area contributed by atoms with Gasteiger partial charge in [0.1, 0.15) is 0 Å². The van der Waals surface area contributed by atoms with Gasteiger partial charge in [-0.3, -0.25) is 14.4 Å². The molecule has 2 amide bonds. The number of aliphatic carboxylic acids is 1. The number of rotatable bonds is 8. The maximum absolute atomic E-state index is 12.2. The minimum atomic E-state index is -0.952. The van der Waals surface area contributed by atoms with Crippen LogP contribution in [0.5, 0.6) is 0 Å². The highest BCUT2D eigenvalue weighted by Gasteiger charge is 2.13. The Balaban J connectivity index is 1.87. The Morgan fingerprint density at radius 2 is 1.61 bits per heavy atom. The standard InChI is InChI=1S/C21H25N3O4/c1-14-4-7-18(12-15(14)2)22-13-19(25)23-17-8-5-16(6-9-17)21(28)24(3)11-10-20(26)27/h4-9,12,22H,10-11,13H2,1-3H3,(H,23,25)(H,26,27). The zero-order valence-corrected chi connectivity index (χ0v) is 16.3. The summed E-state index contributed by atoms with van der Waals surface area (Å²) in [6.07, 6.45) is -0.107. The molecule has 0 fully saturated rings. The molecule has 0 radical (unpaired) electrons. The van der Waals surface area contributed by atoms with Gasteiger partial charge in [-0.05, 0) is 61.4 Å². The molecule has 0 aliphatic rings. The minimum Gasteiger partial charge on any atom is -0.481 e. The smallest absolute Gasteiger partial charge is 0.305 e. The van der Waals surface area contributed by atoms with E-state index in [1.807, 2.05) is 32.0 Å². The van der Waals surface area contributed by atoms with Gasteiger partial charge < -0.3 is 20.6 Å². The Kier molecular flexibility index (Phi) is 7.14. The van der Waals surface area contributed by atoms with E-state index in [1.54, 1.807) is 31.3 Å². The SMILES string of the molecule is Cc1ccc(NCC(=O)Nc2ccc(C(=O)N(C)CCC(=O)O)cc2)cc1C. The van der Waals surface area contributed by atoms with Crippen molar-refractivity contribution in [2.24, 2.45) is 0 Å². The molecule has 0 unspecified atom stereocenters. The number of aryl methyl sites for hydroxylation is 2.